The van der Waals surface area contributed by atoms with Crippen molar-refractivity contribution in [2.75, 3.05) is 91.7 Å². The van der Waals surface area contributed by atoms with E-state index in [1.807, 2.05) is 4.90 Å². The fourth-order valence-corrected chi connectivity index (χ4v) is 5.32. The number of nitrogens with zero attached hydrogens (tertiary/aromatic N) is 5. The Bertz CT molecular complexity index is 1500. The molecule has 1 heterocycles. The van der Waals surface area contributed by atoms with Gasteiger partial charge in [0.2, 0.25) is 0 Å². The van der Waals surface area contributed by atoms with E-state index < -0.39 is 47.4 Å². The van der Waals surface area contributed by atoms with E-state index in [-0.39, 0.29) is 109 Å². The molecule has 1 aliphatic rings. The van der Waals surface area contributed by atoms with Crippen molar-refractivity contribution in [3.05, 3.63) is 69.8 Å². The summed E-state index contributed by atoms with van der Waals surface area (Å²) in [6, 6.07) is 12.1. The van der Waals surface area contributed by atoms with Gasteiger partial charge in [-0.1, -0.05) is 30.3 Å². The van der Waals surface area contributed by atoms with Crippen LogP contribution in [0.25, 0.3) is 0 Å². The molecule has 1 amide bonds. The van der Waals surface area contributed by atoms with Crippen molar-refractivity contribution < 1.29 is 58.8 Å². The maximum atomic E-state index is 12.8. The second-order valence-corrected chi connectivity index (χ2v) is 12.1. The topological polar surface area (TPSA) is 253 Å². The van der Waals surface area contributed by atoms with Gasteiger partial charge in [0.15, 0.2) is 6.61 Å². The highest BCUT2D eigenvalue weighted by Gasteiger charge is 2.23. The van der Waals surface area contributed by atoms with E-state index in [4.69, 9.17) is 9.47 Å². The Morgan fingerprint density at radius 3 is 1.75 bits per heavy atom. The number of nitro benzene ring substituents is 1. The molecule has 3 rings (SSSR count). The number of hydrogen-bond acceptors (Lipinski definition) is 14. The fraction of sp³-hybridized carbons (Fsp3) is 0.485. The van der Waals surface area contributed by atoms with E-state index in [0.717, 1.165) is 12.1 Å². The van der Waals surface area contributed by atoms with Crippen molar-refractivity contribution in [1.29, 1.82) is 0 Å². The first-order valence-corrected chi connectivity index (χ1v) is 16.4. The number of nitrogens with one attached hydrogen (secondary N) is 1. The van der Waals surface area contributed by atoms with Gasteiger partial charge in [-0.3, -0.25) is 48.9 Å². The number of rotatable bonds is 17. The minimum atomic E-state index is -1.10. The fourth-order valence-electron chi connectivity index (χ4n) is 5.32. The summed E-state index contributed by atoms with van der Waals surface area (Å²) in [6.07, 6.45) is -1.10. The lowest BCUT2D eigenvalue weighted by atomic mass is 10.1. The number of esters is 1. The Morgan fingerprint density at radius 2 is 1.27 bits per heavy atom. The number of aliphatic hydroxyl groups excluding tert-OH is 1. The van der Waals surface area contributed by atoms with Crippen molar-refractivity contribution in [3.8, 4) is 5.75 Å². The molecule has 284 valence electrons. The molecule has 0 saturated carbocycles. The van der Waals surface area contributed by atoms with E-state index >= 15 is 0 Å². The van der Waals surface area contributed by atoms with E-state index in [2.05, 4.69) is 5.32 Å². The maximum Gasteiger partial charge on any atom is 0.342 e. The highest BCUT2D eigenvalue weighted by Crippen LogP contribution is 2.25. The van der Waals surface area contributed by atoms with Gasteiger partial charge < -0.3 is 35.2 Å². The van der Waals surface area contributed by atoms with E-state index in [1.54, 1.807) is 45.0 Å². The van der Waals surface area contributed by atoms with Crippen LogP contribution in [0.2, 0.25) is 0 Å². The van der Waals surface area contributed by atoms with Crippen LogP contribution in [0.4, 0.5) is 5.69 Å². The summed E-state index contributed by atoms with van der Waals surface area (Å²) in [5.41, 5.74) is 0.0521. The smallest absolute Gasteiger partial charge is 0.342 e. The molecule has 0 radical (unpaired) electrons. The number of amides is 1. The molecule has 0 aliphatic carbocycles. The molecule has 0 spiro atoms. The molecule has 1 aliphatic heterocycles. The molecule has 1 fully saturated rings. The van der Waals surface area contributed by atoms with Crippen LogP contribution in [0.5, 0.6) is 5.75 Å². The van der Waals surface area contributed by atoms with Crippen LogP contribution in [0.1, 0.15) is 15.9 Å². The van der Waals surface area contributed by atoms with Crippen LogP contribution < -0.4 is 10.1 Å². The highest BCUT2D eigenvalue weighted by atomic mass is 16.6. The zero-order chi connectivity index (χ0) is 38.0. The van der Waals surface area contributed by atoms with Crippen LogP contribution in [0, 0.1) is 10.1 Å². The summed E-state index contributed by atoms with van der Waals surface area (Å²) in [4.78, 5) is 77.3. The third-order valence-electron chi connectivity index (χ3n) is 7.98. The van der Waals surface area contributed by atoms with Crippen LogP contribution in [0.15, 0.2) is 48.5 Å². The van der Waals surface area contributed by atoms with Crippen LogP contribution in [-0.4, -0.2) is 173 Å². The minimum Gasteiger partial charge on any atom is -0.483 e. The van der Waals surface area contributed by atoms with Crippen molar-refractivity contribution in [1.82, 2.24) is 24.9 Å². The summed E-state index contributed by atoms with van der Waals surface area (Å²) < 4.78 is 10.8. The third kappa shape index (κ3) is 15.4. The lowest BCUT2D eigenvalue weighted by molar-refractivity contribution is -0.384. The number of non-ortho nitro benzene ring substituents is 1. The number of benzene rings is 2. The maximum absolute atomic E-state index is 12.8. The first kappa shape index (κ1) is 41.2. The van der Waals surface area contributed by atoms with Gasteiger partial charge >= 0.3 is 23.9 Å². The van der Waals surface area contributed by atoms with Gasteiger partial charge in [-0.15, -0.1) is 0 Å². The van der Waals surface area contributed by atoms with Crippen molar-refractivity contribution >= 4 is 35.5 Å². The molecular weight excluding hydrogens is 688 g/mol. The van der Waals surface area contributed by atoms with E-state index in [9.17, 15) is 54.5 Å². The molecule has 1 saturated heterocycles. The van der Waals surface area contributed by atoms with Gasteiger partial charge in [0.25, 0.3) is 11.6 Å². The molecule has 0 aromatic heterocycles. The zero-order valence-electron chi connectivity index (χ0n) is 28.5. The van der Waals surface area contributed by atoms with Crippen LogP contribution >= 0.6 is 0 Å². The monoisotopic (exact) mass is 732 g/mol. The number of carbonyl (C=O) groups is 5. The third-order valence-corrected chi connectivity index (χ3v) is 7.98. The number of aliphatic carboxylic acids is 3. The number of hydrogen-bond donors (Lipinski definition) is 5. The average Bonchev–Trinajstić information content (AvgIpc) is 3.09. The van der Waals surface area contributed by atoms with Gasteiger partial charge in [-0.05, 0) is 11.6 Å². The molecular formula is C33H44N6O13. The molecule has 0 bridgehead atoms. The van der Waals surface area contributed by atoms with E-state index in [0.29, 0.717) is 5.56 Å². The average molecular weight is 733 g/mol. The largest absolute Gasteiger partial charge is 0.483 e. The summed E-state index contributed by atoms with van der Waals surface area (Å²) in [6.45, 7) is 0.300. The molecule has 52 heavy (non-hydrogen) atoms. The zero-order valence-corrected chi connectivity index (χ0v) is 28.5. The molecule has 19 heteroatoms. The van der Waals surface area contributed by atoms with Crippen molar-refractivity contribution in [3.63, 3.8) is 0 Å². The molecule has 1 unspecified atom stereocenters. The number of aliphatic hydroxyl groups is 1. The second-order valence-electron chi connectivity index (χ2n) is 12.1. The summed E-state index contributed by atoms with van der Waals surface area (Å²) in [7, 11) is 0. The number of carbonyl (C=O) groups excluding carboxylic acids is 2. The van der Waals surface area contributed by atoms with Gasteiger partial charge in [0.05, 0.1) is 30.7 Å². The predicted octanol–water partition coefficient (Wildman–Crippen LogP) is -0.717. The van der Waals surface area contributed by atoms with Gasteiger partial charge in [-0.25, -0.2) is 4.79 Å². The second kappa shape index (κ2) is 21.2. The first-order valence-electron chi connectivity index (χ1n) is 16.4. The van der Waals surface area contributed by atoms with Gasteiger partial charge in [0.1, 0.15) is 17.9 Å². The normalized spacial score (nSPS) is 16.1. The molecule has 2 aromatic rings. The number of ether oxygens (including phenoxy) is 2. The Labute approximate surface area is 299 Å². The summed E-state index contributed by atoms with van der Waals surface area (Å²) in [5.74, 6) is -4.87. The number of β-amino-alcohol motifs (C(OH)–C–C–N with tert-alkyl or cyclic N) is 1. The number of carboxylic acid groups (broad SMARTS) is 3. The van der Waals surface area contributed by atoms with Crippen LogP contribution in [0.3, 0.4) is 0 Å². The first-order chi connectivity index (χ1) is 24.8. The molecule has 5 N–H and O–H groups in total. The molecule has 2 aromatic carbocycles. The van der Waals surface area contributed by atoms with Gasteiger partial charge in [0, 0.05) is 77.6 Å². The summed E-state index contributed by atoms with van der Waals surface area (Å²) in [5, 5.41) is 52.8. The highest BCUT2D eigenvalue weighted by molar-refractivity contribution is 5.93. The Kier molecular flexibility index (Phi) is 16.8. The SMILES string of the molecule is O=C(O)CN1CCN(CC(=O)O)CCN(CC(O)CNC(=O)COc2ccc([N+](=O)[O-])cc2C(=O)OCc2ccccc2)CCN(CC(=O)O)CC1. The number of carboxylic acids is 3. The Hall–Kier alpha value is -5.21. The molecule has 19 nitrogen and oxygen atoms in total. The standard InChI is InChI=1S/C33H44N6O13/c40-26(18-35-8-10-36(19-30(42)43)12-14-38(21-32(46)47)15-13-37(11-9-35)20-31(44)45)17-34-29(41)23-51-28-7-6-25(39(49)50)16-27(28)33(48)52-22-24-4-2-1-3-5-24/h1-7,16,26,40H,8-15,17-23H2,(H,34,41)(H,42,43)(H,44,45)(H,46,47). The molecule has 1 atom stereocenters. The quantitative estimate of drug-likeness (QED) is 0.0764. The number of nitro groups is 1. The lowest BCUT2D eigenvalue weighted by Gasteiger charge is -2.33. The predicted molar refractivity (Wildman–Crippen MR) is 182 cm³/mol. The van der Waals surface area contributed by atoms with Crippen molar-refractivity contribution in [2.45, 2.75) is 12.7 Å². The van der Waals surface area contributed by atoms with E-state index in [1.165, 1.54) is 6.07 Å². The lowest BCUT2D eigenvalue weighted by Crippen LogP contribution is -2.50. The summed E-state index contributed by atoms with van der Waals surface area (Å²) >= 11 is 0. The van der Waals surface area contributed by atoms with Gasteiger partial charge in [-0.2, -0.15) is 0 Å². The van der Waals surface area contributed by atoms with Crippen molar-refractivity contribution in [2.24, 2.45) is 0 Å². The van der Waals surface area contributed by atoms with Crippen LogP contribution in [-0.2, 0) is 30.5 Å². The Morgan fingerprint density at radius 1 is 0.769 bits per heavy atom. The Balaban J connectivity index is 1.60. The minimum absolute atomic E-state index is 0.0356.